The number of hydrogen-bond donors (Lipinski definition) is 1. The van der Waals surface area contributed by atoms with Crippen molar-refractivity contribution in [3.8, 4) is 11.8 Å². The molecular formula is C14H10BrN3O2. The molecule has 1 heterocycles. The Morgan fingerprint density at radius 2 is 2.20 bits per heavy atom. The Morgan fingerprint density at radius 3 is 2.80 bits per heavy atom. The first kappa shape index (κ1) is 14.0. The second-order valence-corrected chi connectivity index (χ2v) is 4.70. The zero-order valence-electron chi connectivity index (χ0n) is 10.6. The zero-order chi connectivity index (χ0) is 14.5. The third kappa shape index (κ3) is 3.13. The van der Waals surface area contributed by atoms with Gasteiger partial charge >= 0.3 is 0 Å². The molecule has 2 aromatic rings. The third-order valence-corrected chi connectivity index (χ3v) is 3.24. The largest absolute Gasteiger partial charge is 0.497 e. The molecule has 2 rings (SSSR count). The van der Waals surface area contributed by atoms with Crippen molar-refractivity contribution >= 4 is 27.5 Å². The normalized spacial score (nSPS) is 9.65. The van der Waals surface area contributed by atoms with E-state index in [9.17, 15) is 4.79 Å². The Bertz CT molecular complexity index is 678. The highest BCUT2D eigenvalue weighted by atomic mass is 79.9. The maximum Gasteiger partial charge on any atom is 0.274 e. The van der Waals surface area contributed by atoms with E-state index < -0.39 is 0 Å². The van der Waals surface area contributed by atoms with Gasteiger partial charge in [0.25, 0.3) is 5.91 Å². The summed E-state index contributed by atoms with van der Waals surface area (Å²) >= 11 is 3.35. The first-order valence-electron chi connectivity index (χ1n) is 5.65. The average molecular weight is 332 g/mol. The molecule has 0 aliphatic carbocycles. The Kier molecular flexibility index (Phi) is 4.33. The summed E-state index contributed by atoms with van der Waals surface area (Å²) in [6, 6.07) is 10.3. The molecular weight excluding hydrogens is 322 g/mol. The SMILES string of the molecule is COc1ccc(Br)c(NC(=O)c2ccc(C#N)cn2)c1. The molecule has 5 nitrogen and oxygen atoms in total. The maximum atomic E-state index is 12.0. The summed E-state index contributed by atoms with van der Waals surface area (Å²) in [5.41, 5.74) is 1.23. The van der Waals surface area contributed by atoms with Gasteiger partial charge in [0, 0.05) is 16.7 Å². The number of halogens is 1. The van der Waals surface area contributed by atoms with Crippen LogP contribution in [0.4, 0.5) is 5.69 Å². The van der Waals surface area contributed by atoms with Gasteiger partial charge in [-0.15, -0.1) is 0 Å². The van der Waals surface area contributed by atoms with Crippen LogP contribution in [-0.2, 0) is 0 Å². The van der Waals surface area contributed by atoms with Crippen molar-refractivity contribution in [3.63, 3.8) is 0 Å². The van der Waals surface area contributed by atoms with E-state index in [0.29, 0.717) is 17.0 Å². The molecule has 0 aliphatic rings. The smallest absolute Gasteiger partial charge is 0.274 e. The monoisotopic (exact) mass is 331 g/mol. The zero-order valence-corrected chi connectivity index (χ0v) is 12.1. The van der Waals surface area contributed by atoms with Crippen LogP contribution in [0.2, 0.25) is 0 Å². The highest BCUT2D eigenvalue weighted by molar-refractivity contribution is 9.10. The van der Waals surface area contributed by atoms with Gasteiger partial charge < -0.3 is 10.1 Å². The molecule has 0 radical (unpaired) electrons. The summed E-state index contributed by atoms with van der Waals surface area (Å²) in [6.45, 7) is 0. The van der Waals surface area contributed by atoms with Gasteiger partial charge in [0.05, 0.1) is 18.4 Å². The van der Waals surface area contributed by atoms with Crippen LogP contribution in [0.1, 0.15) is 16.1 Å². The van der Waals surface area contributed by atoms with E-state index in [1.807, 2.05) is 6.07 Å². The number of methoxy groups -OCH3 is 1. The van der Waals surface area contributed by atoms with Gasteiger partial charge in [0.2, 0.25) is 0 Å². The van der Waals surface area contributed by atoms with Gasteiger partial charge in [-0.1, -0.05) is 0 Å². The number of nitriles is 1. The van der Waals surface area contributed by atoms with Crippen LogP contribution in [0.25, 0.3) is 0 Å². The summed E-state index contributed by atoms with van der Waals surface area (Å²) < 4.78 is 5.84. The summed E-state index contributed by atoms with van der Waals surface area (Å²) in [5, 5.41) is 11.4. The van der Waals surface area contributed by atoms with Crippen LogP contribution in [0.15, 0.2) is 41.0 Å². The number of nitrogens with zero attached hydrogens (tertiary/aromatic N) is 2. The van der Waals surface area contributed by atoms with Crippen molar-refractivity contribution in [3.05, 3.63) is 52.3 Å². The lowest BCUT2D eigenvalue weighted by Crippen LogP contribution is -2.14. The molecule has 0 spiro atoms. The topological polar surface area (TPSA) is 75.0 Å². The highest BCUT2D eigenvalue weighted by Crippen LogP contribution is 2.27. The number of ether oxygens (including phenoxy) is 1. The van der Waals surface area contributed by atoms with E-state index in [-0.39, 0.29) is 11.6 Å². The van der Waals surface area contributed by atoms with E-state index in [4.69, 9.17) is 10.00 Å². The molecule has 1 N–H and O–H groups in total. The van der Waals surface area contributed by atoms with Gasteiger partial charge in [-0.2, -0.15) is 5.26 Å². The number of anilines is 1. The second-order valence-electron chi connectivity index (χ2n) is 3.84. The minimum atomic E-state index is -0.358. The number of carbonyl (C=O) groups is 1. The van der Waals surface area contributed by atoms with Crippen molar-refractivity contribution in [1.82, 2.24) is 4.98 Å². The number of aromatic nitrogens is 1. The van der Waals surface area contributed by atoms with E-state index in [0.717, 1.165) is 4.47 Å². The predicted octanol–water partition coefficient (Wildman–Crippen LogP) is 2.98. The lowest BCUT2D eigenvalue weighted by Gasteiger charge is -2.09. The summed E-state index contributed by atoms with van der Waals surface area (Å²) in [7, 11) is 1.55. The van der Waals surface area contributed by atoms with E-state index in [1.165, 1.54) is 12.3 Å². The van der Waals surface area contributed by atoms with Crippen LogP contribution in [0, 0.1) is 11.3 Å². The number of carbonyl (C=O) groups excluding carboxylic acids is 1. The molecule has 0 saturated heterocycles. The number of amides is 1. The Labute approximate surface area is 124 Å². The minimum absolute atomic E-state index is 0.235. The van der Waals surface area contributed by atoms with Crippen LogP contribution in [0.3, 0.4) is 0 Å². The van der Waals surface area contributed by atoms with Crippen LogP contribution in [-0.4, -0.2) is 18.0 Å². The summed E-state index contributed by atoms with van der Waals surface area (Å²) in [4.78, 5) is 16.0. The molecule has 6 heteroatoms. The van der Waals surface area contributed by atoms with Gasteiger partial charge in [0.1, 0.15) is 17.5 Å². The molecule has 1 aromatic carbocycles. The lowest BCUT2D eigenvalue weighted by atomic mass is 10.2. The molecule has 0 bridgehead atoms. The Morgan fingerprint density at radius 1 is 1.40 bits per heavy atom. The fourth-order valence-electron chi connectivity index (χ4n) is 1.51. The fraction of sp³-hybridized carbons (Fsp3) is 0.0714. The summed E-state index contributed by atoms with van der Waals surface area (Å²) in [5.74, 6) is 0.278. The average Bonchev–Trinajstić information content (AvgIpc) is 2.49. The van der Waals surface area contributed by atoms with E-state index in [1.54, 1.807) is 31.4 Å². The van der Waals surface area contributed by atoms with Gasteiger partial charge in [0.15, 0.2) is 0 Å². The van der Waals surface area contributed by atoms with Gasteiger partial charge in [-0.3, -0.25) is 4.79 Å². The van der Waals surface area contributed by atoms with Gasteiger partial charge in [-0.05, 0) is 40.2 Å². The number of hydrogen-bond acceptors (Lipinski definition) is 4. The van der Waals surface area contributed by atoms with Crippen molar-refractivity contribution < 1.29 is 9.53 Å². The molecule has 0 saturated carbocycles. The molecule has 100 valence electrons. The van der Waals surface area contributed by atoms with Gasteiger partial charge in [-0.25, -0.2) is 4.98 Å². The molecule has 20 heavy (non-hydrogen) atoms. The van der Waals surface area contributed by atoms with Crippen molar-refractivity contribution in [1.29, 1.82) is 5.26 Å². The standard InChI is InChI=1S/C14H10BrN3O2/c1-20-10-3-4-11(15)13(6-10)18-14(19)12-5-2-9(7-16)8-17-12/h2-6,8H,1H3,(H,18,19). The molecule has 1 amide bonds. The summed E-state index contributed by atoms with van der Waals surface area (Å²) in [6.07, 6.45) is 1.36. The molecule has 0 aliphatic heterocycles. The highest BCUT2D eigenvalue weighted by Gasteiger charge is 2.10. The Hall–Kier alpha value is -2.39. The van der Waals surface area contributed by atoms with Crippen molar-refractivity contribution in [2.24, 2.45) is 0 Å². The number of rotatable bonds is 3. The number of pyridine rings is 1. The van der Waals surface area contributed by atoms with Crippen LogP contribution in [0.5, 0.6) is 5.75 Å². The van der Waals surface area contributed by atoms with Crippen LogP contribution >= 0.6 is 15.9 Å². The van der Waals surface area contributed by atoms with Crippen molar-refractivity contribution in [2.45, 2.75) is 0 Å². The Balaban J connectivity index is 2.20. The fourth-order valence-corrected chi connectivity index (χ4v) is 1.85. The lowest BCUT2D eigenvalue weighted by molar-refractivity contribution is 0.102. The molecule has 0 atom stereocenters. The first-order valence-corrected chi connectivity index (χ1v) is 6.44. The quantitative estimate of drug-likeness (QED) is 0.938. The number of benzene rings is 1. The predicted molar refractivity (Wildman–Crippen MR) is 77.6 cm³/mol. The molecule has 0 fully saturated rings. The van der Waals surface area contributed by atoms with E-state index >= 15 is 0 Å². The second kappa shape index (κ2) is 6.17. The minimum Gasteiger partial charge on any atom is -0.497 e. The maximum absolute atomic E-state index is 12.0. The van der Waals surface area contributed by atoms with Crippen LogP contribution < -0.4 is 10.1 Å². The number of nitrogens with one attached hydrogen (secondary N) is 1. The van der Waals surface area contributed by atoms with E-state index in [2.05, 4.69) is 26.2 Å². The van der Waals surface area contributed by atoms with Crippen molar-refractivity contribution in [2.75, 3.05) is 12.4 Å². The molecule has 1 aromatic heterocycles. The third-order valence-electron chi connectivity index (χ3n) is 2.55. The first-order chi connectivity index (χ1) is 9.63. The molecule has 0 unspecified atom stereocenters.